The Balaban J connectivity index is 2.31. The van der Waals surface area contributed by atoms with Gasteiger partial charge in [-0.05, 0) is 37.1 Å². The van der Waals surface area contributed by atoms with E-state index in [9.17, 15) is 8.42 Å². The minimum Gasteiger partial charge on any atom is -0.369 e. The molecule has 3 aromatic rings. The van der Waals surface area contributed by atoms with E-state index in [2.05, 4.69) is 9.97 Å². The van der Waals surface area contributed by atoms with Crippen molar-refractivity contribution in [3.05, 3.63) is 59.1 Å². The van der Waals surface area contributed by atoms with Gasteiger partial charge in [-0.3, -0.25) is 0 Å². The standard InChI is InChI=1S/C18H18ClN3O2S/c1-11(2)25(23,24)16-9-13(8-15-17(16)22-18(20)21-15)14(10-19)12-6-4-3-5-7-12/h3-11H,1-2H3,(H3,20,21,22)/b14-10-. The minimum atomic E-state index is -3.54. The number of aromatic nitrogens is 2. The van der Waals surface area contributed by atoms with Crippen molar-refractivity contribution in [3.8, 4) is 0 Å². The number of imidazole rings is 1. The first-order chi connectivity index (χ1) is 11.8. The molecule has 2 aromatic carbocycles. The van der Waals surface area contributed by atoms with Crippen molar-refractivity contribution < 1.29 is 8.42 Å². The smallest absolute Gasteiger partial charge is 0.198 e. The van der Waals surface area contributed by atoms with Crippen LogP contribution < -0.4 is 5.73 Å². The molecule has 3 rings (SSSR count). The van der Waals surface area contributed by atoms with Gasteiger partial charge in [0.15, 0.2) is 15.8 Å². The van der Waals surface area contributed by atoms with Crippen molar-refractivity contribution in [2.75, 3.05) is 5.73 Å². The van der Waals surface area contributed by atoms with Crippen LogP contribution in [0.1, 0.15) is 25.0 Å². The molecule has 3 N–H and O–H groups in total. The lowest BCUT2D eigenvalue weighted by Gasteiger charge is -2.12. The van der Waals surface area contributed by atoms with Crippen LogP contribution in [0.5, 0.6) is 0 Å². The summed E-state index contributed by atoms with van der Waals surface area (Å²) in [6.07, 6.45) is 0. The average molecular weight is 376 g/mol. The van der Waals surface area contributed by atoms with Gasteiger partial charge in [0.2, 0.25) is 0 Å². The minimum absolute atomic E-state index is 0.148. The van der Waals surface area contributed by atoms with Crippen LogP contribution in [0.3, 0.4) is 0 Å². The molecule has 0 saturated carbocycles. The van der Waals surface area contributed by atoms with Gasteiger partial charge in [-0.1, -0.05) is 41.9 Å². The summed E-state index contributed by atoms with van der Waals surface area (Å²) in [5.74, 6) is 0.170. The largest absolute Gasteiger partial charge is 0.369 e. The number of nitrogens with one attached hydrogen (secondary N) is 1. The molecule has 0 atom stereocenters. The zero-order valence-corrected chi connectivity index (χ0v) is 15.4. The number of halogens is 1. The lowest BCUT2D eigenvalue weighted by Crippen LogP contribution is -2.15. The first kappa shape index (κ1) is 17.5. The maximum Gasteiger partial charge on any atom is 0.198 e. The highest BCUT2D eigenvalue weighted by atomic mass is 35.5. The van der Waals surface area contributed by atoms with Gasteiger partial charge in [-0.25, -0.2) is 13.4 Å². The fraction of sp³-hybridized carbons (Fsp3) is 0.167. The van der Waals surface area contributed by atoms with Gasteiger partial charge in [0.1, 0.15) is 5.52 Å². The second kappa shape index (κ2) is 6.54. The molecule has 7 heteroatoms. The number of H-pyrrole nitrogens is 1. The van der Waals surface area contributed by atoms with Crippen LogP contribution in [0.4, 0.5) is 5.95 Å². The Morgan fingerprint density at radius 3 is 2.48 bits per heavy atom. The van der Waals surface area contributed by atoms with Crippen LogP contribution in [-0.4, -0.2) is 23.6 Å². The molecule has 0 aliphatic carbocycles. The van der Waals surface area contributed by atoms with E-state index < -0.39 is 15.1 Å². The third-order valence-electron chi connectivity index (χ3n) is 4.00. The van der Waals surface area contributed by atoms with E-state index in [-0.39, 0.29) is 10.8 Å². The van der Waals surface area contributed by atoms with Gasteiger partial charge in [-0.2, -0.15) is 0 Å². The Morgan fingerprint density at radius 1 is 1.20 bits per heavy atom. The van der Waals surface area contributed by atoms with E-state index in [0.717, 1.165) is 11.1 Å². The molecule has 0 bridgehead atoms. The predicted molar refractivity (Wildman–Crippen MR) is 102 cm³/mol. The fourth-order valence-electron chi connectivity index (χ4n) is 2.64. The molecular formula is C18H18ClN3O2S. The highest BCUT2D eigenvalue weighted by Crippen LogP contribution is 2.32. The van der Waals surface area contributed by atoms with Gasteiger partial charge in [0, 0.05) is 11.1 Å². The number of nitrogens with two attached hydrogens (primary N) is 1. The zero-order chi connectivity index (χ0) is 18.2. The summed E-state index contributed by atoms with van der Waals surface area (Å²) in [4.78, 5) is 7.21. The van der Waals surface area contributed by atoms with Gasteiger partial charge >= 0.3 is 0 Å². The third kappa shape index (κ3) is 3.15. The number of anilines is 1. The number of hydrogen-bond donors (Lipinski definition) is 2. The molecule has 1 aromatic heterocycles. The number of fused-ring (bicyclic) bond motifs is 1. The summed E-state index contributed by atoms with van der Waals surface area (Å²) in [5, 5.41) is -0.580. The van der Waals surface area contributed by atoms with Crippen molar-refractivity contribution in [2.45, 2.75) is 24.0 Å². The first-order valence-electron chi connectivity index (χ1n) is 7.74. The van der Waals surface area contributed by atoms with Crippen LogP contribution in [0.25, 0.3) is 16.6 Å². The maximum absolute atomic E-state index is 12.8. The second-order valence-corrected chi connectivity index (χ2v) is 8.67. The van der Waals surface area contributed by atoms with Crippen molar-refractivity contribution in [1.29, 1.82) is 0 Å². The molecule has 0 radical (unpaired) electrons. The lowest BCUT2D eigenvalue weighted by molar-refractivity contribution is 0.588. The normalized spacial score (nSPS) is 12.9. The van der Waals surface area contributed by atoms with Crippen molar-refractivity contribution in [3.63, 3.8) is 0 Å². The highest BCUT2D eigenvalue weighted by molar-refractivity contribution is 7.92. The zero-order valence-electron chi connectivity index (χ0n) is 13.8. The molecule has 130 valence electrons. The van der Waals surface area contributed by atoms with E-state index >= 15 is 0 Å². The van der Waals surface area contributed by atoms with Crippen molar-refractivity contribution in [2.24, 2.45) is 0 Å². The topological polar surface area (TPSA) is 88.8 Å². The molecule has 25 heavy (non-hydrogen) atoms. The average Bonchev–Trinajstić information content (AvgIpc) is 2.95. The first-order valence-corrected chi connectivity index (χ1v) is 9.72. The van der Waals surface area contributed by atoms with E-state index in [4.69, 9.17) is 17.3 Å². The lowest BCUT2D eigenvalue weighted by atomic mass is 9.99. The Bertz CT molecular complexity index is 1050. The molecule has 0 aliphatic heterocycles. The van der Waals surface area contributed by atoms with Crippen LogP contribution in [0.2, 0.25) is 0 Å². The van der Waals surface area contributed by atoms with Crippen molar-refractivity contribution in [1.82, 2.24) is 9.97 Å². The van der Waals surface area contributed by atoms with Crippen LogP contribution in [-0.2, 0) is 9.84 Å². The van der Waals surface area contributed by atoms with E-state index in [0.29, 0.717) is 16.6 Å². The molecule has 0 spiro atoms. The Kier molecular flexibility index (Phi) is 4.58. The van der Waals surface area contributed by atoms with E-state index in [1.54, 1.807) is 26.0 Å². The Labute approximate surface area is 151 Å². The number of nitrogens with zero attached hydrogens (tertiary/aromatic N) is 1. The number of aromatic amines is 1. The highest BCUT2D eigenvalue weighted by Gasteiger charge is 2.25. The monoisotopic (exact) mass is 375 g/mol. The quantitative estimate of drug-likeness (QED) is 0.722. The summed E-state index contributed by atoms with van der Waals surface area (Å²) in [5.41, 5.74) is 10.4. The molecule has 0 amide bonds. The second-order valence-electron chi connectivity index (χ2n) is 5.98. The summed E-state index contributed by atoms with van der Waals surface area (Å²) >= 11 is 6.06. The van der Waals surface area contributed by atoms with Gasteiger partial charge < -0.3 is 10.7 Å². The number of rotatable bonds is 4. The summed E-state index contributed by atoms with van der Waals surface area (Å²) in [7, 11) is -3.54. The Hall–Kier alpha value is -2.31. The molecule has 1 heterocycles. The van der Waals surface area contributed by atoms with Gasteiger partial charge in [0.05, 0.1) is 15.7 Å². The third-order valence-corrected chi connectivity index (χ3v) is 6.39. The maximum atomic E-state index is 12.8. The molecule has 0 unspecified atom stereocenters. The van der Waals surface area contributed by atoms with Gasteiger partial charge in [-0.15, -0.1) is 0 Å². The summed E-state index contributed by atoms with van der Waals surface area (Å²) < 4.78 is 25.6. The summed E-state index contributed by atoms with van der Waals surface area (Å²) in [6.45, 7) is 3.28. The molecule has 0 aliphatic rings. The van der Waals surface area contributed by atoms with Gasteiger partial charge in [0.25, 0.3) is 0 Å². The SMILES string of the molecule is CC(C)S(=O)(=O)c1cc(/C(=C\Cl)c2ccccc2)cc2[nH]c(N)nc12. The molecule has 0 fully saturated rings. The predicted octanol–water partition coefficient (Wildman–Crippen LogP) is 3.96. The van der Waals surface area contributed by atoms with Crippen LogP contribution >= 0.6 is 11.6 Å². The molecule has 5 nitrogen and oxygen atoms in total. The van der Waals surface area contributed by atoms with Crippen LogP contribution in [0.15, 0.2) is 52.9 Å². The number of sulfone groups is 1. The number of hydrogen-bond acceptors (Lipinski definition) is 4. The Morgan fingerprint density at radius 2 is 1.88 bits per heavy atom. The number of nitrogen functional groups attached to an aromatic ring is 1. The summed E-state index contributed by atoms with van der Waals surface area (Å²) in [6, 6.07) is 12.9. The van der Waals surface area contributed by atoms with E-state index in [1.165, 1.54) is 5.54 Å². The van der Waals surface area contributed by atoms with E-state index in [1.807, 2.05) is 30.3 Å². The van der Waals surface area contributed by atoms with Crippen LogP contribution in [0, 0.1) is 0 Å². The number of benzene rings is 2. The molecular weight excluding hydrogens is 358 g/mol. The van der Waals surface area contributed by atoms with Crippen molar-refractivity contribution >= 4 is 44.0 Å². The molecule has 0 saturated heterocycles. The fourth-order valence-corrected chi connectivity index (χ4v) is 4.12.